The maximum absolute atomic E-state index is 16.0. The van der Waals surface area contributed by atoms with Crippen molar-refractivity contribution in [3.63, 3.8) is 0 Å². The van der Waals surface area contributed by atoms with Crippen LogP contribution in [-0.2, 0) is 71.2 Å². The number of ether oxygens (including phenoxy) is 5. The summed E-state index contributed by atoms with van der Waals surface area (Å²) in [7, 11) is 1.48. The van der Waals surface area contributed by atoms with Gasteiger partial charge in [0.25, 0.3) is 0 Å². The maximum Gasteiger partial charge on any atom is 0.422 e. The van der Waals surface area contributed by atoms with Crippen LogP contribution in [0.3, 0.4) is 0 Å². The molecular weight excluding hydrogens is 928 g/mol. The van der Waals surface area contributed by atoms with Gasteiger partial charge in [0.15, 0.2) is 12.6 Å². The van der Waals surface area contributed by atoms with Crippen LogP contribution in [0.4, 0.5) is 13.2 Å². The Bertz CT molecular complexity index is 2560. The number of benzene rings is 4. The molecule has 0 aromatic heterocycles. The molecule has 2 bridgehead atoms. The molecular formula is C53H56F3N3O12. The number of hydroxylamine groups is 2. The molecule has 4 aromatic rings. The van der Waals surface area contributed by atoms with Gasteiger partial charge in [-0.15, -0.1) is 0 Å². The fraction of sp³-hybridized carbons (Fsp3) is 0.415. The summed E-state index contributed by atoms with van der Waals surface area (Å²) >= 11 is 0. The Kier molecular flexibility index (Phi) is 14.9. The molecule has 4 aliphatic rings. The summed E-state index contributed by atoms with van der Waals surface area (Å²) in [5.74, 6) is -5.32. The van der Waals surface area contributed by atoms with E-state index in [-0.39, 0.29) is 32.2 Å². The van der Waals surface area contributed by atoms with E-state index in [1.165, 1.54) is 23.1 Å². The summed E-state index contributed by atoms with van der Waals surface area (Å²) in [6, 6.07) is 30.5. The SMILES string of the molecule is CN(C(=O)C12CC3OC(=O)C1N(Cc1cccc(C=CC(=O)OCC(F)(F)F)c1)OC2C1OC(c2ccccc2)(c2ccccc2)OC31)C(Cc1ccccc1)C(=O)NC(CO)CCC(=O)OC(C)(C)C. The second-order valence-corrected chi connectivity index (χ2v) is 19.2. The van der Waals surface area contributed by atoms with E-state index in [0.29, 0.717) is 27.8 Å². The van der Waals surface area contributed by atoms with Crippen molar-refractivity contribution in [3.05, 3.63) is 149 Å². The predicted molar refractivity (Wildman–Crippen MR) is 248 cm³/mol. The standard InChI is InChI=1S/C53H56F3N3O12/c1-50(2,3)68-42(62)26-24-38(31-60)57-47(63)39(28-33-15-8-5-9-16-33)58(4)49(65)51-29-40-43-44(70-53(69-43,36-19-10-6-11-20-36)37-21-12-7-13-22-37)46(51)71-59(45(51)48(64)67-40)30-35-18-14-17-34(27-35)23-25-41(61)66-32-52(54,55)56/h5-23,25,27,38-40,43-46,60H,24,26,28-32H2,1-4H3,(H,57,63). The molecule has 8 unspecified atom stereocenters. The smallest absolute Gasteiger partial charge is 0.422 e. The largest absolute Gasteiger partial charge is 0.460 e. The molecule has 2 N–H and O–H groups in total. The molecule has 4 aromatic carbocycles. The molecule has 4 fully saturated rings. The zero-order chi connectivity index (χ0) is 50.7. The lowest BCUT2D eigenvalue weighted by Gasteiger charge is -2.50. The minimum Gasteiger partial charge on any atom is -0.460 e. The molecule has 3 heterocycles. The zero-order valence-electron chi connectivity index (χ0n) is 39.6. The lowest BCUT2D eigenvalue weighted by molar-refractivity contribution is -0.214. The van der Waals surface area contributed by atoms with Crippen molar-refractivity contribution in [1.29, 1.82) is 0 Å². The van der Waals surface area contributed by atoms with Crippen LogP contribution >= 0.6 is 0 Å². The van der Waals surface area contributed by atoms with Gasteiger partial charge >= 0.3 is 24.1 Å². The van der Waals surface area contributed by atoms with E-state index >= 15 is 4.79 Å². The first kappa shape index (κ1) is 50.9. The van der Waals surface area contributed by atoms with Crippen LogP contribution in [0, 0.1) is 5.41 Å². The Morgan fingerprint density at radius 2 is 1.51 bits per heavy atom. The normalized spacial score (nSPS) is 24.3. The number of carbonyl (C=O) groups is 5. The van der Waals surface area contributed by atoms with Gasteiger partial charge in [-0.1, -0.05) is 115 Å². The van der Waals surface area contributed by atoms with Crippen LogP contribution < -0.4 is 5.32 Å². The summed E-state index contributed by atoms with van der Waals surface area (Å²) in [6.45, 7) is 2.80. The van der Waals surface area contributed by atoms with Gasteiger partial charge < -0.3 is 39.0 Å². The minimum atomic E-state index is -4.70. The molecule has 71 heavy (non-hydrogen) atoms. The van der Waals surface area contributed by atoms with Crippen LogP contribution in [-0.4, -0.2) is 119 Å². The second kappa shape index (κ2) is 20.7. The van der Waals surface area contributed by atoms with E-state index in [1.54, 1.807) is 57.2 Å². The number of hydrogen-bond donors (Lipinski definition) is 2. The Balaban J connectivity index is 1.16. The number of halogens is 3. The van der Waals surface area contributed by atoms with Gasteiger partial charge in [-0.3, -0.25) is 24.0 Å². The average molecular weight is 984 g/mol. The number of alkyl halides is 3. The molecule has 2 amide bonds. The first-order valence-corrected chi connectivity index (χ1v) is 23.4. The lowest BCUT2D eigenvalue weighted by Crippen LogP contribution is -2.70. The Morgan fingerprint density at radius 3 is 2.13 bits per heavy atom. The number of amides is 2. The molecule has 0 spiro atoms. The number of rotatable bonds is 17. The molecule has 8 rings (SSSR count). The second-order valence-electron chi connectivity index (χ2n) is 19.2. The lowest BCUT2D eigenvalue weighted by atomic mass is 9.62. The number of likely N-dealkylation sites (N-methyl/N-ethyl adjacent to an activating group) is 1. The van der Waals surface area contributed by atoms with E-state index in [2.05, 4.69) is 10.1 Å². The Hall–Kier alpha value is -6.44. The highest BCUT2D eigenvalue weighted by molar-refractivity contribution is 5.96. The molecule has 1 aliphatic carbocycles. The number of fused-ring (bicyclic) bond motifs is 4. The highest BCUT2D eigenvalue weighted by Crippen LogP contribution is 2.60. The van der Waals surface area contributed by atoms with Gasteiger partial charge in [-0.2, -0.15) is 18.2 Å². The highest BCUT2D eigenvalue weighted by Gasteiger charge is 2.77. The third-order valence-electron chi connectivity index (χ3n) is 13.0. The quantitative estimate of drug-likeness (QED) is 0.0720. The summed E-state index contributed by atoms with van der Waals surface area (Å²) in [4.78, 5) is 78.3. The van der Waals surface area contributed by atoms with Gasteiger partial charge in [0, 0.05) is 43.5 Å². The van der Waals surface area contributed by atoms with Crippen LogP contribution in [0.2, 0.25) is 0 Å². The topological polar surface area (TPSA) is 179 Å². The van der Waals surface area contributed by atoms with Gasteiger partial charge in [-0.05, 0) is 50.0 Å². The molecule has 15 nitrogen and oxygen atoms in total. The van der Waals surface area contributed by atoms with Crippen LogP contribution in [0.1, 0.15) is 67.9 Å². The minimum absolute atomic E-state index is 0.0177. The van der Waals surface area contributed by atoms with E-state index in [0.717, 1.165) is 6.08 Å². The number of carbonyl (C=O) groups excluding carboxylic acids is 5. The summed E-state index contributed by atoms with van der Waals surface area (Å²) in [6.07, 6.45) is -6.97. The number of nitrogens with zero attached hydrogens (tertiary/aromatic N) is 2. The molecule has 0 radical (unpaired) electrons. The molecule has 18 heteroatoms. The van der Waals surface area contributed by atoms with Gasteiger partial charge in [0.2, 0.25) is 17.6 Å². The molecule has 1 saturated carbocycles. The van der Waals surface area contributed by atoms with E-state index in [9.17, 15) is 37.5 Å². The predicted octanol–water partition coefficient (Wildman–Crippen LogP) is 5.96. The Morgan fingerprint density at radius 1 is 0.887 bits per heavy atom. The van der Waals surface area contributed by atoms with Gasteiger partial charge in [0.05, 0.1) is 19.2 Å². The average Bonchev–Trinajstić information content (AvgIpc) is 3.92. The van der Waals surface area contributed by atoms with Crippen molar-refractivity contribution in [3.8, 4) is 0 Å². The van der Waals surface area contributed by atoms with Crippen LogP contribution in [0.25, 0.3) is 6.08 Å². The third-order valence-corrected chi connectivity index (χ3v) is 13.0. The molecule has 376 valence electrons. The monoisotopic (exact) mass is 983 g/mol. The van der Waals surface area contributed by atoms with Crippen molar-refractivity contribution >= 4 is 35.8 Å². The molecule has 3 aliphatic heterocycles. The van der Waals surface area contributed by atoms with E-state index in [1.807, 2.05) is 78.9 Å². The van der Waals surface area contributed by atoms with Crippen LogP contribution in [0.15, 0.2) is 121 Å². The van der Waals surface area contributed by atoms with Gasteiger partial charge in [-0.25, -0.2) is 4.79 Å². The highest BCUT2D eigenvalue weighted by atomic mass is 19.4. The maximum atomic E-state index is 16.0. The first-order chi connectivity index (χ1) is 33.8. The fourth-order valence-electron chi connectivity index (χ4n) is 9.91. The number of aliphatic hydroxyl groups is 1. The fourth-order valence-corrected chi connectivity index (χ4v) is 9.91. The van der Waals surface area contributed by atoms with Crippen molar-refractivity contribution in [1.82, 2.24) is 15.3 Å². The van der Waals surface area contributed by atoms with E-state index < -0.39 is 108 Å². The summed E-state index contributed by atoms with van der Waals surface area (Å²) in [5.41, 5.74) is 0.366. The van der Waals surface area contributed by atoms with Gasteiger partial charge in [0.1, 0.15) is 41.5 Å². The Labute approximate surface area is 408 Å². The number of hydrogen-bond acceptors (Lipinski definition) is 13. The van der Waals surface area contributed by atoms with Crippen molar-refractivity contribution in [2.75, 3.05) is 20.3 Å². The number of esters is 3. The van der Waals surface area contributed by atoms with Crippen molar-refractivity contribution in [2.45, 2.75) is 113 Å². The number of nitrogens with one attached hydrogen (secondary N) is 1. The third kappa shape index (κ3) is 11.1. The van der Waals surface area contributed by atoms with Crippen molar-refractivity contribution < 1.29 is 70.8 Å². The van der Waals surface area contributed by atoms with Crippen LogP contribution in [0.5, 0.6) is 0 Å². The summed E-state index contributed by atoms with van der Waals surface area (Å²) in [5, 5.41) is 14.6. The zero-order valence-corrected chi connectivity index (χ0v) is 39.6. The van der Waals surface area contributed by atoms with Crippen molar-refractivity contribution in [2.24, 2.45) is 5.41 Å². The number of aliphatic hydroxyl groups excluding tert-OH is 1. The molecule has 8 atom stereocenters. The first-order valence-electron chi connectivity index (χ1n) is 23.4. The van der Waals surface area contributed by atoms with E-state index in [4.69, 9.17) is 23.8 Å². The molecule has 3 saturated heterocycles. The summed E-state index contributed by atoms with van der Waals surface area (Å²) < 4.78 is 68.2.